The summed E-state index contributed by atoms with van der Waals surface area (Å²) in [6, 6.07) is 8.07. The van der Waals surface area contributed by atoms with Crippen molar-refractivity contribution in [1.29, 1.82) is 0 Å². The van der Waals surface area contributed by atoms with Gasteiger partial charge >= 0.3 is 6.09 Å². The van der Waals surface area contributed by atoms with Gasteiger partial charge < -0.3 is 10.1 Å². The van der Waals surface area contributed by atoms with Crippen molar-refractivity contribution in [3.8, 4) is 0 Å². The van der Waals surface area contributed by atoms with Crippen LogP contribution in [0.1, 0.15) is 52.0 Å². The highest BCUT2D eigenvalue weighted by Gasteiger charge is 2.37. The van der Waals surface area contributed by atoms with Crippen molar-refractivity contribution in [2.75, 3.05) is 11.9 Å². The molecule has 26 heavy (non-hydrogen) atoms. The quantitative estimate of drug-likeness (QED) is 0.375. The molecule has 6 heteroatoms. The Morgan fingerprint density at radius 1 is 1.27 bits per heavy atom. The highest BCUT2D eigenvalue weighted by atomic mass is 79.9. The van der Waals surface area contributed by atoms with E-state index in [1.807, 2.05) is 31.2 Å². The standard InChI is InChI=1S/C20H27Br2NO3/c1-19(2,16-13-26-18(25)23-16)9-4-5-10-20(3,17(24)12-21)14-7-6-8-15(22)11-14/h6-8,11,16H,4-5,9-10,12-13H2,1-3H3,(H,23,25). The molecule has 2 atom stereocenters. The van der Waals surface area contributed by atoms with Crippen LogP contribution in [0.4, 0.5) is 4.79 Å². The van der Waals surface area contributed by atoms with Crippen molar-refractivity contribution >= 4 is 43.7 Å². The van der Waals surface area contributed by atoms with Crippen LogP contribution < -0.4 is 5.32 Å². The van der Waals surface area contributed by atoms with Crippen LogP contribution in [0.25, 0.3) is 0 Å². The second kappa shape index (κ2) is 8.87. The number of rotatable bonds is 9. The molecule has 0 radical (unpaired) electrons. The maximum Gasteiger partial charge on any atom is 0.407 e. The van der Waals surface area contributed by atoms with Crippen LogP contribution >= 0.6 is 31.9 Å². The lowest BCUT2D eigenvalue weighted by molar-refractivity contribution is -0.121. The Morgan fingerprint density at radius 3 is 2.54 bits per heavy atom. The number of unbranched alkanes of at least 4 members (excludes halogenated alkanes) is 1. The van der Waals surface area contributed by atoms with Crippen LogP contribution in [0.3, 0.4) is 0 Å². The van der Waals surface area contributed by atoms with Gasteiger partial charge in [0.05, 0.1) is 16.8 Å². The Bertz CT molecular complexity index is 662. The van der Waals surface area contributed by atoms with Crippen LogP contribution in [0.15, 0.2) is 28.7 Å². The second-order valence-corrected chi connectivity index (χ2v) is 9.37. The van der Waals surface area contributed by atoms with E-state index in [1.165, 1.54) is 0 Å². The Balaban J connectivity index is 1.97. The number of alkyl halides is 1. The van der Waals surface area contributed by atoms with Crippen molar-refractivity contribution in [3.05, 3.63) is 34.3 Å². The summed E-state index contributed by atoms with van der Waals surface area (Å²) in [5, 5.41) is 3.24. The summed E-state index contributed by atoms with van der Waals surface area (Å²) < 4.78 is 6.01. The second-order valence-electron chi connectivity index (χ2n) is 7.89. The summed E-state index contributed by atoms with van der Waals surface area (Å²) in [5.74, 6) is 0.200. The van der Waals surface area contributed by atoms with Crippen LogP contribution in [0, 0.1) is 5.41 Å². The molecule has 0 spiro atoms. The Kier molecular flexibility index (Phi) is 7.31. The lowest BCUT2D eigenvalue weighted by atomic mass is 9.74. The summed E-state index contributed by atoms with van der Waals surface area (Å²) in [6.07, 6.45) is 3.40. The van der Waals surface area contributed by atoms with Gasteiger partial charge in [-0.3, -0.25) is 4.79 Å². The summed E-state index contributed by atoms with van der Waals surface area (Å²) in [4.78, 5) is 23.9. The Hall–Kier alpha value is -0.880. The first-order valence-corrected chi connectivity index (χ1v) is 10.9. The van der Waals surface area contributed by atoms with Crippen LogP contribution in [0.2, 0.25) is 0 Å². The molecule has 1 aromatic carbocycles. The highest BCUT2D eigenvalue weighted by molar-refractivity contribution is 9.10. The number of Topliss-reactive ketones (excluding diaryl/α,β-unsaturated/α-hetero) is 1. The van der Waals surface area contributed by atoms with E-state index in [0.717, 1.165) is 35.7 Å². The first kappa shape index (κ1) is 21.4. The van der Waals surface area contributed by atoms with Gasteiger partial charge in [0.2, 0.25) is 0 Å². The molecule has 1 saturated heterocycles. The summed E-state index contributed by atoms with van der Waals surface area (Å²) in [5.41, 5.74) is 0.520. The highest BCUT2D eigenvalue weighted by Crippen LogP contribution is 2.35. The molecule has 2 unspecified atom stereocenters. The topological polar surface area (TPSA) is 55.4 Å². The summed E-state index contributed by atoms with van der Waals surface area (Å²) in [6.45, 7) is 6.78. The number of amides is 1. The molecule has 1 amide bonds. The van der Waals surface area contributed by atoms with Gasteiger partial charge in [-0.1, -0.05) is 70.7 Å². The number of nitrogens with one attached hydrogen (secondary N) is 1. The molecular formula is C20H27Br2NO3. The SMILES string of the molecule is CC(CCCCC(C)(C)C1COC(=O)N1)(C(=O)CBr)c1cccc(Br)c1. The van der Waals surface area contributed by atoms with E-state index in [0.29, 0.717) is 11.9 Å². The zero-order chi connectivity index (χ0) is 19.4. The normalized spacial score (nSPS) is 19.6. The molecule has 144 valence electrons. The van der Waals surface area contributed by atoms with Crippen molar-refractivity contribution in [3.63, 3.8) is 0 Å². The third-order valence-corrected chi connectivity index (χ3v) is 6.57. The van der Waals surface area contributed by atoms with E-state index in [2.05, 4.69) is 51.0 Å². The predicted octanol–water partition coefficient (Wildman–Crippen LogP) is 5.37. The molecule has 1 heterocycles. The monoisotopic (exact) mass is 487 g/mol. The fourth-order valence-electron chi connectivity index (χ4n) is 3.46. The molecule has 1 fully saturated rings. The number of carbonyl (C=O) groups is 2. The fraction of sp³-hybridized carbons (Fsp3) is 0.600. The largest absolute Gasteiger partial charge is 0.447 e. The minimum Gasteiger partial charge on any atom is -0.447 e. The zero-order valence-electron chi connectivity index (χ0n) is 15.6. The molecule has 1 aliphatic heterocycles. The average molecular weight is 489 g/mol. The fourth-order valence-corrected chi connectivity index (χ4v) is 4.48. The minimum atomic E-state index is -0.498. The minimum absolute atomic E-state index is 0.0300. The Labute approximate surface area is 172 Å². The number of hydrogen-bond donors (Lipinski definition) is 1. The van der Waals surface area contributed by atoms with Crippen LogP contribution in [0.5, 0.6) is 0 Å². The molecule has 4 nitrogen and oxygen atoms in total. The van der Waals surface area contributed by atoms with E-state index in [9.17, 15) is 9.59 Å². The third kappa shape index (κ3) is 5.10. The number of halogens is 2. The lowest BCUT2D eigenvalue weighted by Gasteiger charge is -2.31. The number of carbonyl (C=O) groups excluding carboxylic acids is 2. The van der Waals surface area contributed by atoms with E-state index in [4.69, 9.17) is 4.74 Å². The van der Waals surface area contributed by atoms with E-state index >= 15 is 0 Å². The number of hydrogen-bond acceptors (Lipinski definition) is 3. The number of benzene rings is 1. The molecular weight excluding hydrogens is 462 g/mol. The molecule has 0 bridgehead atoms. The van der Waals surface area contributed by atoms with Gasteiger partial charge in [-0.05, 0) is 42.9 Å². The van der Waals surface area contributed by atoms with Gasteiger partial charge in [0.15, 0.2) is 5.78 Å². The van der Waals surface area contributed by atoms with Crippen molar-refractivity contribution < 1.29 is 14.3 Å². The first-order valence-electron chi connectivity index (χ1n) is 8.97. The first-order chi connectivity index (χ1) is 12.2. The van der Waals surface area contributed by atoms with Crippen LogP contribution in [-0.2, 0) is 14.9 Å². The van der Waals surface area contributed by atoms with Gasteiger partial charge in [-0.2, -0.15) is 0 Å². The summed E-state index contributed by atoms with van der Waals surface area (Å²) >= 11 is 6.85. The zero-order valence-corrected chi connectivity index (χ0v) is 18.8. The molecule has 0 aromatic heterocycles. The lowest BCUT2D eigenvalue weighted by Crippen LogP contribution is -2.40. The maximum atomic E-state index is 12.7. The molecule has 1 aliphatic rings. The maximum absolute atomic E-state index is 12.7. The van der Waals surface area contributed by atoms with E-state index in [1.54, 1.807) is 0 Å². The van der Waals surface area contributed by atoms with Gasteiger partial charge in [-0.25, -0.2) is 4.79 Å². The predicted molar refractivity (Wildman–Crippen MR) is 111 cm³/mol. The smallest absolute Gasteiger partial charge is 0.407 e. The van der Waals surface area contributed by atoms with Crippen LogP contribution in [-0.4, -0.2) is 29.9 Å². The van der Waals surface area contributed by atoms with E-state index in [-0.39, 0.29) is 23.3 Å². The molecule has 0 aliphatic carbocycles. The molecule has 0 saturated carbocycles. The van der Waals surface area contributed by atoms with Gasteiger partial charge in [0, 0.05) is 4.47 Å². The number of alkyl carbamates (subject to hydrolysis) is 1. The number of ketones is 1. The molecule has 1 aromatic rings. The summed E-state index contributed by atoms with van der Waals surface area (Å²) in [7, 11) is 0. The van der Waals surface area contributed by atoms with Crippen molar-refractivity contribution in [2.24, 2.45) is 5.41 Å². The third-order valence-electron chi connectivity index (χ3n) is 5.56. The van der Waals surface area contributed by atoms with Gasteiger partial charge in [-0.15, -0.1) is 0 Å². The number of ether oxygens (including phenoxy) is 1. The van der Waals surface area contributed by atoms with Gasteiger partial charge in [0.25, 0.3) is 0 Å². The molecule has 1 N–H and O–H groups in total. The number of cyclic esters (lactones) is 1. The van der Waals surface area contributed by atoms with Crippen molar-refractivity contribution in [1.82, 2.24) is 5.32 Å². The Morgan fingerprint density at radius 2 is 1.96 bits per heavy atom. The molecule has 2 rings (SSSR count). The van der Waals surface area contributed by atoms with E-state index < -0.39 is 5.41 Å². The van der Waals surface area contributed by atoms with Crippen molar-refractivity contribution in [2.45, 2.75) is 57.9 Å². The van der Waals surface area contributed by atoms with Gasteiger partial charge in [0.1, 0.15) is 6.61 Å². The average Bonchev–Trinajstić information content (AvgIpc) is 3.05.